The van der Waals surface area contributed by atoms with Crippen LogP contribution in [0.2, 0.25) is 0 Å². The van der Waals surface area contributed by atoms with Gasteiger partial charge in [-0.15, -0.1) is 24.0 Å². The van der Waals surface area contributed by atoms with Gasteiger partial charge in [-0.3, -0.25) is 9.79 Å². The van der Waals surface area contributed by atoms with Crippen LogP contribution in [0.15, 0.2) is 29.3 Å². The Hall–Kier alpha value is -1.71. The summed E-state index contributed by atoms with van der Waals surface area (Å²) in [7, 11) is 3.49. The highest BCUT2D eigenvalue weighted by Gasteiger charge is 2.20. The van der Waals surface area contributed by atoms with Crippen molar-refractivity contribution in [3.05, 3.63) is 24.3 Å². The van der Waals surface area contributed by atoms with E-state index in [2.05, 4.69) is 37.6 Å². The highest BCUT2D eigenvalue weighted by Crippen LogP contribution is 2.22. The number of nitrogens with one attached hydrogen (secondary N) is 2. The zero-order valence-electron chi connectivity index (χ0n) is 16.7. The van der Waals surface area contributed by atoms with E-state index in [1.807, 2.05) is 26.0 Å². The molecule has 1 aromatic rings. The molecular formula is C19H32IN5O2. The van der Waals surface area contributed by atoms with Crippen LogP contribution < -0.4 is 20.3 Å². The van der Waals surface area contributed by atoms with Crippen LogP contribution in [0.1, 0.15) is 13.8 Å². The van der Waals surface area contributed by atoms with E-state index in [4.69, 9.17) is 4.74 Å². The maximum absolute atomic E-state index is 11.6. The van der Waals surface area contributed by atoms with Crippen molar-refractivity contribution < 1.29 is 9.53 Å². The molecule has 0 aliphatic carbocycles. The van der Waals surface area contributed by atoms with E-state index in [1.165, 1.54) is 5.69 Å². The van der Waals surface area contributed by atoms with E-state index >= 15 is 0 Å². The molecule has 1 aliphatic heterocycles. The maximum atomic E-state index is 11.6. The highest BCUT2D eigenvalue weighted by atomic mass is 127. The van der Waals surface area contributed by atoms with Crippen LogP contribution in [0.5, 0.6) is 5.75 Å². The lowest BCUT2D eigenvalue weighted by Gasteiger charge is -2.37. The van der Waals surface area contributed by atoms with Crippen molar-refractivity contribution >= 4 is 41.5 Å². The molecule has 0 saturated carbocycles. The normalized spacial score (nSPS) is 14.6. The Bertz CT molecular complexity index is 616. The van der Waals surface area contributed by atoms with Gasteiger partial charge in [-0.05, 0) is 12.1 Å². The molecule has 0 bridgehead atoms. The van der Waals surface area contributed by atoms with E-state index in [9.17, 15) is 4.79 Å². The van der Waals surface area contributed by atoms with Gasteiger partial charge in [-0.25, -0.2) is 0 Å². The molecule has 8 heteroatoms. The van der Waals surface area contributed by atoms with Gasteiger partial charge < -0.3 is 25.2 Å². The van der Waals surface area contributed by atoms with Crippen LogP contribution in [0.25, 0.3) is 0 Å². The van der Waals surface area contributed by atoms with Gasteiger partial charge in [0.05, 0.1) is 7.11 Å². The van der Waals surface area contributed by atoms with E-state index < -0.39 is 0 Å². The van der Waals surface area contributed by atoms with Crippen LogP contribution >= 0.6 is 24.0 Å². The summed E-state index contributed by atoms with van der Waals surface area (Å²) in [5.74, 6) is 1.85. The number of hydrogen-bond acceptors (Lipinski definition) is 4. The Kier molecular flexibility index (Phi) is 10.3. The number of carbonyl (C=O) groups is 1. The van der Waals surface area contributed by atoms with Crippen molar-refractivity contribution in [1.29, 1.82) is 0 Å². The monoisotopic (exact) mass is 489 g/mol. The average molecular weight is 489 g/mol. The number of guanidine groups is 1. The first-order valence-electron chi connectivity index (χ1n) is 9.17. The number of carbonyl (C=O) groups excluding carboxylic acids is 1. The van der Waals surface area contributed by atoms with E-state index in [0.717, 1.165) is 37.9 Å². The molecule has 0 atom stereocenters. The second kappa shape index (κ2) is 11.9. The van der Waals surface area contributed by atoms with Gasteiger partial charge in [-0.2, -0.15) is 0 Å². The summed E-state index contributed by atoms with van der Waals surface area (Å²) >= 11 is 0. The molecule has 0 radical (unpaired) electrons. The van der Waals surface area contributed by atoms with Crippen LogP contribution in [0.4, 0.5) is 5.69 Å². The molecule has 0 unspecified atom stereocenters. The first-order chi connectivity index (χ1) is 12.5. The summed E-state index contributed by atoms with van der Waals surface area (Å²) in [5, 5.41) is 6.24. The lowest BCUT2D eigenvalue weighted by Crippen LogP contribution is -2.53. The summed E-state index contributed by atoms with van der Waals surface area (Å²) in [6.07, 6.45) is 0. The van der Waals surface area contributed by atoms with E-state index in [0.29, 0.717) is 13.1 Å². The first-order valence-corrected chi connectivity index (χ1v) is 9.17. The standard InChI is InChI=1S/C19H31N5O2.HI/c1-15(2)18(25)21-8-9-22-19(20-3)24-12-10-23(11-13-24)16-6-5-7-17(14-16)26-4;/h5-7,14-15H,8-13H2,1-4H3,(H,20,22)(H,21,25);1H. The van der Waals surface area contributed by atoms with E-state index in [-0.39, 0.29) is 35.8 Å². The van der Waals surface area contributed by atoms with Gasteiger partial charge in [0, 0.05) is 64.0 Å². The zero-order valence-corrected chi connectivity index (χ0v) is 19.0. The van der Waals surface area contributed by atoms with Gasteiger partial charge in [0.25, 0.3) is 0 Å². The largest absolute Gasteiger partial charge is 0.497 e. The number of aliphatic imine (C=N–C) groups is 1. The number of benzene rings is 1. The number of nitrogens with zero attached hydrogens (tertiary/aromatic N) is 3. The van der Waals surface area contributed by atoms with Crippen LogP contribution in [-0.2, 0) is 4.79 Å². The number of piperazine rings is 1. The third-order valence-electron chi connectivity index (χ3n) is 4.44. The highest BCUT2D eigenvalue weighted by molar-refractivity contribution is 14.0. The molecule has 2 rings (SSSR count). The first kappa shape index (κ1) is 23.3. The van der Waals surface area contributed by atoms with Crippen LogP contribution in [0, 0.1) is 5.92 Å². The number of methoxy groups -OCH3 is 1. The van der Waals surface area contributed by atoms with Crippen molar-refractivity contribution in [2.45, 2.75) is 13.8 Å². The molecule has 0 aromatic heterocycles. The summed E-state index contributed by atoms with van der Waals surface area (Å²) in [5.41, 5.74) is 1.18. The van der Waals surface area contributed by atoms with Crippen molar-refractivity contribution in [3.63, 3.8) is 0 Å². The Morgan fingerprint density at radius 3 is 2.44 bits per heavy atom. The number of anilines is 1. The summed E-state index contributed by atoms with van der Waals surface area (Å²) < 4.78 is 5.31. The molecule has 0 spiro atoms. The average Bonchev–Trinajstić information content (AvgIpc) is 2.68. The summed E-state index contributed by atoms with van der Waals surface area (Å²) in [4.78, 5) is 20.6. The molecule has 1 amide bonds. The predicted molar refractivity (Wildman–Crippen MR) is 121 cm³/mol. The lowest BCUT2D eigenvalue weighted by atomic mass is 10.2. The fraction of sp³-hybridized carbons (Fsp3) is 0.579. The minimum absolute atomic E-state index is 0. The van der Waals surface area contributed by atoms with Gasteiger partial charge in [0.1, 0.15) is 5.75 Å². The Balaban J connectivity index is 0.00000364. The van der Waals surface area contributed by atoms with Crippen molar-refractivity contribution in [1.82, 2.24) is 15.5 Å². The number of hydrogen-bond donors (Lipinski definition) is 2. The van der Waals surface area contributed by atoms with Crippen molar-refractivity contribution in [2.24, 2.45) is 10.9 Å². The van der Waals surface area contributed by atoms with Gasteiger partial charge in [-0.1, -0.05) is 19.9 Å². The lowest BCUT2D eigenvalue weighted by molar-refractivity contribution is -0.123. The number of amides is 1. The fourth-order valence-electron chi connectivity index (χ4n) is 2.88. The number of ether oxygens (including phenoxy) is 1. The van der Waals surface area contributed by atoms with Crippen molar-refractivity contribution in [3.8, 4) is 5.75 Å². The van der Waals surface area contributed by atoms with Crippen molar-refractivity contribution in [2.75, 3.05) is 58.3 Å². The second-order valence-electron chi connectivity index (χ2n) is 6.60. The molecule has 7 nitrogen and oxygen atoms in total. The Morgan fingerprint density at radius 2 is 1.85 bits per heavy atom. The van der Waals surface area contributed by atoms with Crippen LogP contribution in [-0.4, -0.2) is 70.2 Å². The predicted octanol–water partition coefficient (Wildman–Crippen LogP) is 1.78. The molecule has 2 N–H and O–H groups in total. The maximum Gasteiger partial charge on any atom is 0.222 e. The summed E-state index contributed by atoms with van der Waals surface area (Å²) in [6.45, 7) is 8.70. The van der Waals surface area contributed by atoms with E-state index in [1.54, 1.807) is 14.2 Å². The molecule has 1 saturated heterocycles. The molecule has 1 aliphatic rings. The fourth-order valence-corrected chi connectivity index (χ4v) is 2.88. The molecule has 1 fully saturated rings. The molecular weight excluding hydrogens is 457 g/mol. The number of halogens is 1. The molecule has 1 heterocycles. The molecule has 27 heavy (non-hydrogen) atoms. The zero-order chi connectivity index (χ0) is 18.9. The van der Waals surface area contributed by atoms with Gasteiger partial charge in [0.15, 0.2) is 5.96 Å². The minimum atomic E-state index is 0. The quantitative estimate of drug-likeness (QED) is 0.276. The number of rotatable bonds is 6. The SMILES string of the molecule is CN=C(NCCNC(=O)C(C)C)N1CCN(c2cccc(OC)c2)CC1.I. The Morgan fingerprint density at radius 1 is 1.19 bits per heavy atom. The van der Waals surface area contributed by atoms with Crippen LogP contribution in [0.3, 0.4) is 0 Å². The summed E-state index contributed by atoms with van der Waals surface area (Å²) in [6, 6.07) is 8.17. The third kappa shape index (κ3) is 7.08. The minimum Gasteiger partial charge on any atom is -0.497 e. The smallest absolute Gasteiger partial charge is 0.222 e. The topological polar surface area (TPSA) is 69.2 Å². The third-order valence-corrected chi connectivity index (χ3v) is 4.44. The van der Waals surface area contributed by atoms with Gasteiger partial charge >= 0.3 is 0 Å². The second-order valence-corrected chi connectivity index (χ2v) is 6.60. The Labute approximate surface area is 179 Å². The van der Waals surface area contributed by atoms with Gasteiger partial charge in [0.2, 0.25) is 5.91 Å². The molecule has 152 valence electrons. The molecule has 1 aromatic carbocycles.